The molecule has 1 aromatic heterocycles. The van der Waals surface area contributed by atoms with Gasteiger partial charge in [-0.05, 0) is 12.3 Å². The minimum atomic E-state index is -3.35. The summed E-state index contributed by atoms with van der Waals surface area (Å²) in [4.78, 5) is 15.9. The molecular weight excluding hydrogens is 292 g/mol. The van der Waals surface area contributed by atoms with Crippen molar-refractivity contribution in [2.75, 3.05) is 12.9 Å². The van der Waals surface area contributed by atoms with E-state index in [9.17, 15) is 13.2 Å². The Balaban J connectivity index is 2.22. The molecule has 0 amide bonds. The average Bonchev–Trinajstić information content (AvgIpc) is 3.15. The Morgan fingerprint density at radius 2 is 2.14 bits per heavy atom. The lowest BCUT2D eigenvalue weighted by molar-refractivity contribution is -0.145. The van der Waals surface area contributed by atoms with Gasteiger partial charge in [0.05, 0.1) is 19.2 Å². The zero-order valence-electron chi connectivity index (χ0n) is 12.5. The van der Waals surface area contributed by atoms with Crippen molar-refractivity contribution >= 4 is 15.8 Å². The van der Waals surface area contributed by atoms with Crippen LogP contribution >= 0.6 is 0 Å². The maximum atomic E-state index is 12.0. The second-order valence-corrected chi connectivity index (χ2v) is 7.71. The van der Waals surface area contributed by atoms with Crippen molar-refractivity contribution in [3.8, 4) is 0 Å². The highest BCUT2D eigenvalue weighted by Gasteiger charge is 2.28. The van der Waals surface area contributed by atoms with Gasteiger partial charge in [0.15, 0.2) is 14.9 Å². The summed E-state index contributed by atoms with van der Waals surface area (Å²) in [6.07, 6.45) is 8.14. The van der Waals surface area contributed by atoms with Gasteiger partial charge in [-0.3, -0.25) is 0 Å². The quantitative estimate of drug-likeness (QED) is 0.750. The molecule has 0 N–H and O–H groups in total. The second-order valence-electron chi connectivity index (χ2n) is 5.49. The monoisotopic (exact) mass is 314 g/mol. The SMILES string of the molecule is CCS(=O)(=O)c1cn([C@@H](CC2CCCC2)C(=O)OC)cn1. The first-order valence-electron chi connectivity index (χ1n) is 7.32. The van der Waals surface area contributed by atoms with Crippen LogP contribution in [-0.2, 0) is 19.4 Å². The molecule has 1 saturated carbocycles. The van der Waals surface area contributed by atoms with Gasteiger partial charge in [0.25, 0.3) is 0 Å². The molecule has 1 atom stereocenters. The molecule has 118 valence electrons. The molecule has 0 radical (unpaired) electrons. The van der Waals surface area contributed by atoms with Gasteiger partial charge < -0.3 is 9.30 Å². The van der Waals surface area contributed by atoms with Crippen molar-refractivity contribution in [2.24, 2.45) is 5.92 Å². The minimum absolute atomic E-state index is 0.00444. The summed E-state index contributed by atoms with van der Waals surface area (Å²) in [7, 11) is -2.00. The first-order valence-corrected chi connectivity index (χ1v) is 8.97. The predicted molar refractivity (Wildman–Crippen MR) is 77.6 cm³/mol. The van der Waals surface area contributed by atoms with Crippen LogP contribution in [-0.4, -0.2) is 36.8 Å². The van der Waals surface area contributed by atoms with Crippen molar-refractivity contribution in [3.63, 3.8) is 0 Å². The van der Waals surface area contributed by atoms with Gasteiger partial charge >= 0.3 is 5.97 Å². The molecule has 0 aliphatic heterocycles. The lowest BCUT2D eigenvalue weighted by Crippen LogP contribution is -2.22. The third kappa shape index (κ3) is 3.64. The third-order valence-corrected chi connectivity index (χ3v) is 5.75. The van der Waals surface area contributed by atoms with Crippen molar-refractivity contribution < 1.29 is 17.9 Å². The zero-order valence-corrected chi connectivity index (χ0v) is 13.3. The molecule has 1 fully saturated rings. The Bertz CT molecular complexity index is 588. The molecule has 0 aromatic carbocycles. The average molecular weight is 314 g/mol. The fourth-order valence-corrected chi connectivity index (χ4v) is 3.62. The van der Waals surface area contributed by atoms with E-state index in [2.05, 4.69) is 4.98 Å². The molecule has 1 aliphatic carbocycles. The van der Waals surface area contributed by atoms with Crippen LogP contribution in [0.4, 0.5) is 0 Å². The van der Waals surface area contributed by atoms with Crippen LogP contribution < -0.4 is 0 Å². The third-order valence-electron chi connectivity index (χ3n) is 4.14. The van der Waals surface area contributed by atoms with Crippen LogP contribution in [0.2, 0.25) is 0 Å². The maximum absolute atomic E-state index is 12.0. The van der Waals surface area contributed by atoms with Crippen molar-refractivity contribution in [1.82, 2.24) is 9.55 Å². The number of nitrogens with zero attached hydrogens (tertiary/aromatic N) is 2. The van der Waals surface area contributed by atoms with Crippen LogP contribution in [0.5, 0.6) is 0 Å². The van der Waals surface area contributed by atoms with Crippen LogP contribution in [0.1, 0.15) is 45.1 Å². The topological polar surface area (TPSA) is 78.3 Å². The minimum Gasteiger partial charge on any atom is -0.467 e. The number of aromatic nitrogens is 2. The van der Waals surface area contributed by atoms with E-state index in [1.54, 1.807) is 11.5 Å². The molecule has 6 nitrogen and oxygen atoms in total. The van der Waals surface area contributed by atoms with Crippen LogP contribution in [0, 0.1) is 5.92 Å². The largest absolute Gasteiger partial charge is 0.467 e. The van der Waals surface area contributed by atoms with E-state index in [-0.39, 0.29) is 16.7 Å². The van der Waals surface area contributed by atoms with Gasteiger partial charge in [-0.15, -0.1) is 0 Å². The van der Waals surface area contributed by atoms with E-state index in [0.29, 0.717) is 12.3 Å². The van der Waals surface area contributed by atoms with Gasteiger partial charge in [-0.1, -0.05) is 32.6 Å². The molecule has 1 aromatic rings. The van der Waals surface area contributed by atoms with Crippen LogP contribution in [0.3, 0.4) is 0 Å². The molecule has 2 rings (SSSR count). The van der Waals surface area contributed by atoms with Gasteiger partial charge in [0.2, 0.25) is 0 Å². The van der Waals surface area contributed by atoms with Gasteiger partial charge in [-0.25, -0.2) is 18.2 Å². The Hall–Kier alpha value is -1.37. The Morgan fingerprint density at radius 1 is 1.48 bits per heavy atom. The number of methoxy groups -OCH3 is 1. The number of hydrogen-bond donors (Lipinski definition) is 0. The molecule has 0 saturated heterocycles. The van der Waals surface area contributed by atoms with E-state index in [0.717, 1.165) is 12.8 Å². The molecule has 7 heteroatoms. The van der Waals surface area contributed by atoms with Crippen molar-refractivity contribution in [3.05, 3.63) is 12.5 Å². The fourth-order valence-electron chi connectivity index (χ4n) is 2.83. The van der Waals surface area contributed by atoms with Gasteiger partial charge in [-0.2, -0.15) is 0 Å². The Labute approximate surface area is 125 Å². The van der Waals surface area contributed by atoms with Crippen molar-refractivity contribution in [1.29, 1.82) is 0 Å². The first-order chi connectivity index (χ1) is 9.97. The van der Waals surface area contributed by atoms with E-state index in [1.807, 2.05) is 0 Å². The van der Waals surface area contributed by atoms with Crippen molar-refractivity contribution in [2.45, 2.75) is 50.1 Å². The summed E-state index contributed by atoms with van der Waals surface area (Å²) in [5.74, 6) is 0.137. The highest BCUT2D eigenvalue weighted by atomic mass is 32.2. The van der Waals surface area contributed by atoms with E-state index in [1.165, 1.54) is 32.5 Å². The number of sulfone groups is 1. The van der Waals surface area contributed by atoms with Crippen LogP contribution in [0.25, 0.3) is 0 Å². The summed E-state index contributed by atoms with van der Waals surface area (Å²) in [6, 6.07) is -0.494. The number of hydrogen-bond acceptors (Lipinski definition) is 5. The lowest BCUT2D eigenvalue weighted by Gasteiger charge is -2.19. The van der Waals surface area contributed by atoms with Gasteiger partial charge in [0.1, 0.15) is 6.04 Å². The summed E-state index contributed by atoms with van der Waals surface area (Å²) < 4.78 is 30.1. The zero-order chi connectivity index (χ0) is 15.5. The lowest BCUT2D eigenvalue weighted by atomic mass is 9.98. The van der Waals surface area contributed by atoms with Gasteiger partial charge in [0, 0.05) is 6.20 Å². The molecule has 1 aliphatic rings. The number of carbonyl (C=O) groups excluding carboxylic acids is 1. The number of carbonyl (C=O) groups is 1. The van der Waals surface area contributed by atoms with E-state index in [4.69, 9.17) is 4.74 Å². The molecular formula is C14H22N2O4S. The number of rotatable bonds is 6. The fraction of sp³-hybridized carbons (Fsp3) is 0.714. The highest BCUT2D eigenvalue weighted by molar-refractivity contribution is 7.91. The highest BCUT2D eigenvalue weighted by Crippen LogP contribution is 2.32. The second kappa shape index (κ2) is 6.60. The van der Waals surface area contributed by atoms with E-state index < -0.39 is 15.9 Å². The Morgan fingerprint density at radius 3 is 2.71 bits per heavy atom. The summed E-state index contributed by atoms with van der Waals surface area (Å²) >= 11 is 0. The van der Waals surface area contributed by atoms with E-state index >= 15 is 0 Å². The molecule has 1 heterocycles. The standard InChI is InChI=1S/C14H22N2O4S/c1-3-21(18,19)13-9-16(10-15-13)12(14(17)20-2)8-11-6-4-5-7-11/h9-12H,3-8H2,1-2H3/t12-/m0/s1. The molecule has 21 heavy (non-hydrogen) atoms. The summed E-state index contributed by atoms with van der Waals surface area (Å²) in [5.41, 5.74) is 0. The Kier molecular flexibility index (Phi) is 5.03. The molecule has 0 bridgehead atoms. The normalized spacial score (nSPS) is 17.8. The molecule has 0 spiro atoms. The number of esters is 1. The summed E-state index contributed by atoms with van der Waals surface area (Å²) in [5, 5.41) is 0.0188. The first kappa shape index (κ1) is 16.0. The predicted octanol–water partition coefficient (Wildman–Crippen LogP) is 1.97. The maximum Gasteiger partial charge on any atom is 0.328 e. The molecule has 0 unspecified atom stereocenters. The number of ether oxygens (including phenoxy) is 1. The van der Waals surface area contributed by atoms with Crippen LogP contribution in [0.15, 0.2) is 17.6 Å². The summed E-state index contributed by atoms with van der Waals surface area (Å²) in [6.45, 7) is 1.57. The number of imidazole rings is 1. The smallest absolute Gasteiger partial charge is 0.328 e.